The molecule has 0 aromatic carbocycles. The van der Waals surface area contributed by atoms with Crippen LogP contribution in [0.1, 0.15) is 73.5 Å². The summed E-state index contributed by atoms with van der Waals surface area (Å²) in [6.07, 6.45) is 2.47. The Morgan fingerprint density at radius 3 is 2.76 bits per heavy atom. The number of aromatic amines is 1. The molecule has 3 rings (SSSR count). The second-order valence-corrected chi connectivity index (χ2v) is 6.68. The van der Waals surface area contributed by atoms with Crippen molar-refractivity contribution >= 4 is 5.91 Å². The van der Waals surface area contributed by atoms with Gasteiger partial charge in [0, 0.05) is 24.8 Å². The van der Waals surface area contributed by atoms with Crippen LogP contribution >= 0.6 is 0 Å². The zero-order valence-electron chi connectivity index (χ0n) is 14.9. The number of aromatic nitrogens is 4. The quantitative estimate of drug-likeness (QED) is 0.831. The number of hydrogen-bond acceptors (Lipinski definition) is 6. The van der Waals surface area contributed by atoms with E-state index in [1.54, 1.807) is 6.07 Å². The molecule has 1 atom stereocenters. The van der Waals surface area contributed by atoms with Crippen LogP contribution in [0, 0.1) is 5.92 Å². The topological polar surface area (TPSA) is 106 Å². The minimum Gasteiger partial charge on any atom is -0.381 e. The standard InChI is InChI=1S/C17H25N5O3/c1-4-12-9-13(21-20-12)16(23)18-14(11-5-7-24-8-6-11)17-19-15(10(2)3)22-25-17/h9-11,14H,4-8H2,1-3H3,(H,18,23)(H,20,21)/t14-/m0/s1. The van der Waals surface area contributed by atoms with Crippen molar-refractivity contribution in [1.29, 1.82) is 0 Å². The molecule has 8 nitrogen and oxygen atoms in total. The van der Waals surface area contributed by atoms with Crippen molar-refractivity contribution < 1.29 is 14.1 Å². The largest absolute Gasteiger partial charge is 0.381 e. The summed E-state index contributed by atoms with van der Waals surface area (Å²) in [6.45, 7) is 7.36. The minimum atomic E-state index is -0.335. The fourth-order valence-corrected chi connectivity index (χ4v) is 2.91. The highest BCUT2D eigenvalue weighted by molar-refractivity contribution is 5.92. The van der Waals surface area contributed by atoms with E-state index >= 15 is 0 Å². The van der Waals surface area contributed by atoms with E-state index in [1.165, 1.54) is 0 Å². The SMILES string of the molecule is CCc1cc(C(=O)N[C@H](c2nc(C(C)C)no2)C2CCOCC2)n[nH]1. The molecular formula is C17H25N5O3. The van der Waals surface area contributed by atoms with Crippen molar-refractivity contribution in [3.05, 3.63) is 29.2 Å². The molecule has 1 saturated heterocycles. The van der Waals surface area contributed by atoms with Crippen LogP contribution in [-0.2, 0) is 11.2 Å². The van der Waals surface area contributed by atoms with Crippen LogP contribution in [0.2, 0.25) is 0 Å². The highest BCUT2D eigenvalue weighted by Gasteiger charge is 2.32. The molecule has 0 unspecified atom stereocenters. The van der Waals surface area contributed by atoms with Crippen LogP contribution in [-0.4, -0.2) is 39.5 Å². The van der Waals surface area contributed by atoms with Gasteiger partial charge < -0.3 is 14.6 Å². The smallest absolute Gasteiger partial charge is 0.272 e. The molecule has 0 radical (unpaired) electrons. The van der Waals surface area contributed by atoms with E-state index in [4.69, 9.17) is 9.26 Å². The van der Waals surface area contributed by atoms with Gasteiger partial charge in [-0.25, -0.2) is 0 Å². The Kier molecular flexibility index (Phi) is 5.47. The molecule has 8 heteroatoms. The molecule has 1 fully saturated rings. The maximum absolute atomic E-state index is 12.6. The third kappa shape index (κ3) is 4.07. The molecule has 0 bridgehead atoms. The number of carbonyl (C=O) groups excluding carboxylic acids is 1. The molecule has 2 aromatic rings. The molecule has 2 N–H and O–H groups in total. The van der Waals surface area contributed by atoms with E-state index in [2.05, 4.69) is 25.7 Å². The molecule has 1 aliphatic heterocycles. The zero-order valence-corrected chi connectivity index (χ0v) is 14.9. The van der Waals surface area contributed by atoms with Gasteiger partial charge in [0.2, 0.25) is 5.89 Å². The van der Waals surface area contributed by atoms with Gasteiger partial charge >= 0.3 is 0 Å². The van der Waals surface area contributed by atoms with Crippen LogP contribution in [0.5, 0.6) is 0 Å². The summed E-state index contributed by atoms with van der Waals surface area (Å²) < 4.78 is 10.9. The van der Waals surface area contributed by atoms with Gasteiger partial charge in [0.05, 0.1) is 0 Å². The van der Waals surface area contributed by atoms with Crippen LogP contribution in [0.15, 0.2) is 10.6 Å². The van der Waals surface area contributed by atoms with Gasteiger partial charge in [-0.2, -0.15) is 10.1 Å². The molecular weight excluding hydrogens is 322 g/mol. The summed E-state index contributed by atoms with van der Waals surface area (Å²) in [6, 6.07) is 1.43. The number of nitrogens with zero attached hydrogens (tertiary/aromatic N) is 3. The number of H-pyrrole nitrogens is 1. The molecule has 25 heavy (non-hydrogen) atoms. The van der Waals surface area contributed by atoms with E-state index < -0.39 is 0 Å². The van der Waals surface area contributed by atoms with Gasteiger partial charge in [0.15, 0.2) is 5.82 Å². The molecule has 1 amide bonds. The molecule has 0 spiro atoms. The average molecular weight is 347 g/mol. The summed E-state index contributed by atoms with van der Waals surface area (Å²) in [4.78, 5) is 17.1. The van der Waals surface area contributed by atoms with Gasteiger partial charge in [-0.15, -0.1) is 0 Å². The highest BCUT2D eigenvalue weighted by Crippen LogP contribution is 2.30. The average Bonchev–Trinajstić information content (AvgIpc) is 3.29. The molecule has 3 heterocycles. The Balaban J connectivity index is 1.81. The first-order chi connectivity index (χ1) is 12.1. The van der Waals surface area contributed by atoms with Crippen LogP contribution in [0.25, 0.3) is 0 Å². The number of ether oxygens (including phenoxy) is 1. The number of carbonyl (C=O) groups is 1. The predicted octanol–water partition coefficient (Wildman–Crippen LogP) is 2.38. The summed E-state index contributed by atoms with van der Waals surface area (Å²) in [5.74, 6) is 1.23. The maximum atomic E-state index is 12.6. The number of rotatable bonds is 6. The maximum Gasteiger partial charge on any atom is 0.272 e. The Hall–Kier alpha value is -2.22. The first kappa shape index (κ1) is 17.6. The Morgan fingerprint density at radius 1 is 1.40 bits per heavy atom. The number of hydrogen-bond donors (Lipinski definition) is 2. The molecule has 0 aliphatic carbocycles. The Labute approximate surface area is 146 Å². The van der Waals surface area contributed by atoms with Gasteiger partial charge in [0.25, 0.3) is 5.91 Å². The van der Waals surface area contributed by atoms with E-state index in [1.807, 2.05) is 20.8 Å². The fourth-order valence-electron chi connectivity index (χ4n) is 2.91. The first-order valence-electron chi connectivity index (χ1n) is 8.84. The molecule has 1 aliphatic rings. The van der Waals surface area contributed by atoms with Crippen molar-refractivity contribution in [2.45, 2.75) is 52.0 Å². The number of aryl methyl sites for hydroxylation is 1. The second kappa shape index (κ2) is 7.77. The van der Waals surface area contributed by atoms with Gasteiger partial charge in [0.1, 0.15) is 11.7 Å². The van der Waals surface area contributed by atoms with Gasteiger partial charge in [-0.1, -0.05) is 25.9 Å². The molecule has 0 saturated carbocycles. The van der Waals surface area contributed by atoms with Crippen molar-refractivity contribution in [3.63, 3.8) is 0 Å². The fraction of sp³-hybridized carbons (Fsp3) is 0.647. The van der Waals surface area contributed by atoms with E-state index in [0.717, 1.165) is 25.0 Å². The Morgan fingerprint density at radius 2 is 2.16 bits per heavy atom. The summed E-state index contributed by atoms with van der Waals surface area (Å²) in [5, 5.41) is 14.0. The third-order valence-electron chi connectivity index (χ3n) is 4.51. The van der Waals surface area contributed by atoms with Crippen molar-refractivity contribution in [1.82, 2.24) is 25.7 Å². The van der Waals surface area contributed by atoms with Gasteiger partial charge in [-0.05, 0) is 31.2 Å². The lowest BCUT2D eigenvalue weighted by Gasteiger charge is -2.28. The van der Waals surface area contributed by atoms with Crippen LogP contribution < -0.4 is 5.32 Å². The van der Waals surface area contributed by atoms with Crippen molar-refractivity contribution in [3.8, 4) is 0 Å². The normalized spacial score (nSPS) is 17.0. The summed E-state index contributed by atoms with van der Waals surface area (Å²) in [5.41, 5.74) is 1.30. The third-order valence-corrected chi connectivity index (χ3v) is 4.51. The molecule has 136 valence electrons. The van der Waals surface area contributed by atoms with Crippen molar-refractivity contribution in [2.75, 3.05) is 13.2 Å². The van der Waals surface area contributed by atoms with Crippen LogP contribution in [0.4, 0.5) is 0 Å². The first-order valence-corrected chi connectivity index (χ1v) is 8.84. The lowest BCUT2D eigenvalue weighted by Crippen LogP contribution is -2.36. The number of nitrogens with one attached hydrogen (secondary N) is 2. The summed E-state index contributed by atoms with van der Waals surface area (Å²) >= 11 is 0. The second-order valence-electron chi connectivity index (χ2n) is 6.68. The van der Waals surface area contributed by atoms with Crippen LogP contribution in [0.3, 0.4) is 0 Å². The van der Waals surface area contributed by atoms with E-state index in [9.17, 15) is 4.79 Å². The minimum absolute atomic E-state index is 0.169. The van der Waals surface area contributed by atoms with E-state index in [-0.39, 0.29) is 23.8 Å². The lowest BCUT2D eigenvalue weighted by molar-refractivity contribution is 0.0467. The van der Waals surface area contributed by atoms with Gasteiger partial charge in [-0.3, -0.25) is 9.89 Å². The monoisotopic (exact) mass is 347 g/mol. The summed E-state index contributed by atoms with van der Waals surface area (Å²) in [7, 11) is 0. The number of amides is 1. The Bertz CT molecular complexity index is 703. The molecule has 2 aromatic heterocycles. The highest BCUT2D eigenvalue weighted by atomic mass is 16.5. The van der Waals surface area contributed by atoms with E-state index in [0.29, 0.717) is 30.6 Å². The lowest BCUT2D eigenvalue weighted by atomic mass is 9.91. The van der Waals surface area contributed by atoms with Crippen molar-refractivity contribution in [2.24, 2.45) is 5.92 Å². The zero-order chi connectivity index (χ0) is 17.8. The predicted molar refractivity (Wildman–Crippen MR) is 90.1 cm³/mol.